The molecule has 1 saturated heterocycles. The smallest absolute Gasteiger partial charge is 0.410 e. The summed E-state index contributed by atoms with van der Waals surface area (Å²) in [6, 6.07) is 7.11. The van der Waals surface area contributed by atoms with Crippen molar-refractivity contribution in [3.8, 4) is 22.7 Å². The lowest BCUT2D eigenvalue weighted by molar-refractivity contribution is -0.385. The molecule has 0 N–H and O–H groups in total. The second kappa shape index (κ2) is 14.5. The maximum atomic E-state index is 16.5. The molecule has 1 aliphatic rings. The summed E-state index contributed by atoms with van der Waals surface area (Å²) in [6.07, 6.45) is -0.763. The van der Waals surface area contributed by atoms with E-state index in [2.05, 4.69) is 9.83 Å². The Hall–Kier alpha value is -6.11. The van der Waals surface area contributed by atoms with Crippen LogP contribution in [0.15, 0.2) is 47.3 Å². The van der Waals surface area contributed by atoms with Crippen molar-refractivity contribution in [2.24, 2.45) is 0 Å². The number of nitro groups is 1. The van der Waals surface area contributed by atoms with Gasteiger partial charge in [0.05, 0.1) is 48.9 Å². The average Bonchev–Trinajstić information content (AvgIpc) is 3.09. The molecule has 0 saturated carbocycles. The molecule has 278 valence electrons. The van der Waals surface area contributed by atoms with Crippen molar-refractivity contribution in [2.75, 3.05) is 32.2 Å². The number of fused-ring (bicyclic) bond motifs is 1. The summed E-state index contributed by atoms with van der Waals surface area (Å²) in [5.41, 5.74) is -4.71. The van der Waals surface area contributed by atoms with Gasteiger partial charge in [-0.1, -0.05) is 38.1 Å². The van der Waals surface area contributed by atoms with Crippen LogP contribution in [-0.2, 0) is 14.3 Å². The van der Waals surface area contributed by atoms with Crippen LogP contribution in [-0.4, -0.2) is 76.4 Å². The molecule has 2 aromatic carbocycles. The number of amides is 1. The van der Waals surface area contributed by atoms with E-state index in [1.54, 1.807) is 53.7 Å². The van der Waals surface area contributed by atoms with Crippen LogP contribution in [0.25, 0.3) is 32.8 Å². The summed E-state index contributed by atoms with van der Waals surface area (Å²) < 4.78 is 48.8. The van der Waals surface area contributed by atoms with Crippen LogP contribution < -0.4 is 15.2 Å². The second-order valence-corrected chi connectivity index (χ2v) is 13.8. The number of anilines is 1. The topological polar surface area (TPSA) is 151 Å². The quantitative estimate of drug-likeness (QED) is 0.0849. The molecule has 4 aromatic rings. The molecule has 2 aromatic heterocycles. The third kappa shape index (κ3) is 6.94. The van der Waals surface area contributed by atoms with E-state index in [0.29, 0.717) is 5.56 Å². The number of aromatic nitrogens is 2. The number of pyridine rings is 2. The third-order valence-corrected chi connectivity index (χ3v) is 8.81. The summed E-state index contributed by atoms with van der Waals surface area (Å²) in [7, 11) is 2.34. The number of halogens is 2. The van der Waals surface area contributed by atoms with Gasteiger partial charge in [-0.25, -0.2) is 28.2 Å². The highest BCUT2D eigenvalue weighted by Gasteiger charge is 2.45. The van der Waals surface area contributed by atoms with Gasteiger partial charge in [-0.2, -0.15) is 0 Å². The van der Waals surface area contributed by atoms with E-state index >= 15 is 8.78 Å². The Morgan fingerprint density at radius 1 is 1.08 bits per heavy atom. The van der Waals surface area contributed by atoms with Crippen LogP contribution in [0.1, 0.15) is 53.0 Å². The summed E-state index contributed by atoms with van der Waals surface area (Å²) in [5, 5.41) is 12.8. The number of hydrogen-bond acceptors (Lipinski definition) is 10. The van der Waals surface area contributed by atoms with Crippen molar-refractivity contribution >= 4 is 40.2 Å². The molecular formula is C37H38F2N6O8. The first-order chi connectivity index (χ1) is 24.9. The lowest BCUT2D eigenvalue weighted by Gasteiger charge is -2.45. The maximum absolute atomic E-state index is 16.5. The fourth-order valence-electron chi connectivity index (χ4n) is 6.48. The predicted octanol–water partition coefficient (Wildman–Crippen LogP) is 6.91. The Morgan fingerprint density at radius 2 is 1.75 bits per heavy atom. The molecule has 0 unspecified atom stereocenters. The number of ether oxygens (including phenoxy) is 3. The van der Waals surface area contributed by atoms with Gasteiger partial charge in [-0.3, -0.25) is 19.5 Å². The first-order valence-corrected chi connectivity index (χ1v) is 16.6. The van der Waals surface area contributed by atoms with Crippen LogP contribution in [0.4, 0.5) is 30.6 Å². The molecule has 16 heteroatoms. The minimum absolute atomic E-state index is 0.0414. The molecule has 2 atom stereocenters. The fraction of sp³-hybridized carbons (Fsp3) is 0.378. The zero-order valence-corrected chi connectivity index (χ0v) is 30.4. The number of esters is 1. The Morgan fingerprint density at radius 3 is 2.34 bits per heavy atom. The molecule has 0 bridgehead atoms. The van der Waals surface area contributed by atoms with Crippen LogP contribution in [0.2, 0.25) is 0 Å². The zero-order chi connectivity index (χ0) is 39.1. The van der Waals surface area contributed by atoms with E-state index in [9.17, 15) is 24.5 Å². The van der Waals surface area contributed by atoms with E-state index in [1.807, 2.05) is 0 Å². The van der Waals surface area contributed by atoms with Crippen molar-refractivity contribution in [3.05, 3.63) is 91.5 Å². The van der Waals surface area contributed by atoms with Gasteiger partial charge in [0.15, 0.2) is 5.82 Å². The summed E-state index contributed by atoms with van der Waals surface area (Å²) in [6.45, 7) is 17.5. The molecule has 3 heterocycles. The van der Waals surface area contributed by atoms with Crippen molar-refractivity contribution in [2.45, 2.75) is 65.1 Å². The highest BCUT2D eigenvalue weighted by molar-refractivity contribution is 6.00. The van der Waals surface area contributed by atoms with Gasteiger partial charge in [-0.15, -0.1) is 0 Å². The van der Waals surface area contributed by atoms with Crippen LogP contribution in [0, 0.1) is 28.3 Å². The van der Waals surface area contributed by atoms with E-state index in [4.69, 9.17) is 20.8 Å². The minimum Gasteiger partial charge on any atom is -0.496 e. The highest BCUT2D eigenvalue weighted by Crippen LogP contribution is 2.43. The molecule has 0 spiro atoms. The zero-order valence-electron chi connectivity index (χ0n) is 30.4. The number of para-hydroxylation sites is 1. The molecule has 0 aliphatic carbocycles. The number of piperazine rings is 1. The Bertz CT molecular complexity index is 2240. The largest absolute Gasteiger partial charge is 0.496 e. The number of carbonyl (C=O) groups is 2. The van der Waals surface area contributed by atoms with Gasteiger partial charge in [-0.05, 0) is 57.4 Å². The normalized spacial score (nSPS) is 16.0. The molecule has 53 heavy (non-hydrogen) atoms. The van der Waals surface area contributed by atoms with Gasteiger partial charge >= 0.3 is 23.3 Å². The minimum atomic E-state index is -1.45. The van der Waals surface area contributed by atoms with Crippen LogP contribution in [0.3, 0.4) is 0 Å². The molecule has 5 rings (SSSR count). The first kappa shape index (κ1) is 38.1. The van der Waals surface area contributed by atoms with Crippen LogP contribution >= 0.6 is 0 Å². The Balaban J connectivity index is 1.96. The molecular weight excluding hydrogens is 694 g/mol. The molecule has 0 radical (unpaired) electrons. The van der Waals surface area contributed by atoms with E-state index < -0.39 is 68.9 Å². The fourth-order valence-corrected chi connectivity index (χ4v) is 6.48. The number of rotatable bonds is 7. The van der Waals surface area contributed by atoms with E-state index in [1.165, 1.54) is 35.1 Å². The number of hydrogen-bond donors (Lipinski definition) is 0. The van der Waals surface area contributed by atoms with Crippen molar-refractivity contribution in [1.82, 2.24) is 14.5 Å². The maximum Gasteiger partial charge on any atom is 0.410 e. The van der Waals surface area contributed by atoms with Gasteiger partial charge in [0, 0.05) is 12.6 Å². The lowest BCUT2D eigenvalue weighted by atomic mass is 9.98. The van der Waals surface area contributed by atoms with Gasteiger partial charge in [0.2, 0.25) is 5.69 Å². The standard InChI is InChI=1S/C37H38F2N6O8/c1-19(2)21-12-10-14-25(40-7)30(21)44-33-22(16-24(39)29(41-33)28-23(38)13-11-15-27(28)51-8)31(32(34(44)46)45(49)50)43-17-20(3)42(18-26(43)35(47)52-9)36(48)53-37(4,5)6/h10-16,19-20,26H,17-18H2,1-6,8-9H3/t20-,26-/m1/s1. The van der Waals surface area contributed by atoms with Crippen molar-refractivity contribution in [1.29, 1.82) is 0 Å². The Kier molecular flexibility index (Phi) is 10.4. The summed E-state index contributed by atoms with van der Waals surface area (Å²) in [5.74, 6) is -3.38. The monoisotopic (exact) mass is 732 g/mol. The predicted molar refractivity (Wildman–Crippen MR) is 192 cm³/mol. The van der Waals surface area contributed by atoms with Gasteiger partial charge in [0.25, 0.3) is 0 Å². The van der Waals surface area contributed by atoms with Gasteiger partial charge < -0.3 is 24.0 Å². The summed E-state index contributed by atoms with van der Waals surface area (Å²) >= 11 is 0. The van der Waals surface area contributed by atoms with Crippen molar-refractivity contribution < 1.29 is 37.5 Å². The number of benzene rings is 2. The molecule has 1 aliphatic heterocycles. The highest BCUT2D eigenvalue weighted by atomic mass is 19.1. The number of nitrogens with zero attached hydrogens (tertiary/aromatic N) is 6. The Labute approximate surface area is 303 Å². The SMILES string of the molecule is [C-]#[N+]c1cccc(C(C)C)c1-n1c(=O)c([N+](=O)[O-])c(N2C[C@@H](C)N(C(=O)OC(C)(C)C)C[C@@H]2C(=O)OC)c2cc(F)c(-c3c(F)cccc3OC)nc21. The number of carbonyl (C=O) groups excluding carboxylic acids is 2. The van der Waals surface area contributed by atoms with Crippen LogP contribution in [0.5, 0.6) is 5.75 Å². The number of methoxy groups -OCH3 is 2. The third-order valence-electron chi connectivity index (χ3n) is 8.81. The molecule has 14 nitrogen and oxygen atoms in total. The van der Waals surface area contributed by atoms with Gasteiger partial charge in [0.1, 0.15) is 40.2 Å². The summed E-state index contributed by atoms with van der Waals surface area (Å²) in [4.78, 5) is 64.2. The lowest BCUT2D eigenvalue weighted by Crippen LogP contribution is -2.62. The first-order valence-electron chi connectivity index (χ1n) is 16.6. The van der Waals surface area contributed by atoms with Crippen molar-refractivity contribution in [3.63, 3.8) is 0 Å². The molecule has 1 amide bonds. The molecule has 1 fully saturated rings. The second-order valence-electron chi connectivity index (χ2n) is 13.8. The van der Waals surface area contributed by atoms with E-state index in [-0.39, 0.29) is 52.7 Å². The average molecular weight is 733 g/mol. The van der Waals surface area contributed by atoms with E-state index in [0.717, 1.165) is 23.8 Å².